The van der Waals surface area contributed by atoms with Crippen LogP contribution in [0.2, 0.25) is 0 Å². The fourth-order valence-electron chi connectivity index (χ4n) is 3.64. The Morgan fingerprint density at radius 2 is 1.53 bits per heavy atom. The predicted molar refractivity (Wildman–Crippen MR) is 122 cm³/mol. The van der Waals surface area contributed by atoms with Crippen molar-refractivity contribution in [2.45, 2.75) is 0 Å². The van der Waals surface area contributed by atoms with Gasteiger partial charge >= 0.3 is 0 Å². The minimum Gasteiger partial charge on any atom is -0.235 e. The molecule has 0 unspecified atom stereocenters. The van der Waals surface area contributed by atoms with Crippen molar-refractivity contribution >= 4 is 44.5 Å². The quantitative estimate of drug-likeness (QED) is 0.232. The average molecular weight is 406 g/mol. The summed E-state index contributed by atoms with van der Waals surface area (Å²) < 4.78 is 13.2. The van der Waals surface area contributed by atoms with Crippen molar-refractivity contribution in [3.63, 3.8) is 0 Å². The third-order valence-corrected chi connectivity index (χ3v) is 5.97. The van der Waals surface area contributed by atoms with Crippen LogP contribution in [0.15, 0.2) is 84.2 Å². The lowest BCUT2D eigenvalue weighted by Gasteiger charge is -2.08. The number of nitrogens with zero attached hydrogens (tertiary/aromatic N) is 2. The number of allylic oxidation sites excluding steroid dienone is 1. The zero-order valence-corrected chi connectivity index (χ0v) is 16.7. The van der Waals surface area contributed by atoms with Gasteiger partial charge in [-0.25, -0.2) is 9.37 Å². The molecule has 0 atom stereocenters. The van der Waals surface area contributed by atoms with Gasteiger partial charge in [0.1, 0.15) is 16.9 Å². The van der Waals surface area contributed by atoms with Crippen LogP contribution in [-0.4, -0.2) is 4.98 Å². The van der Waals surface area contributed by atoms with E-state index < -0.39 is 0 Å². The van der Waals surface area contributed by atoms with Gasteiger partial charge in [-0.05, 0) is 63.5 Å². The highest BCUT2D eigenvalue weighted by molar-refractivity contribution is 7.11. The van der Waals surface area contributed by atoms with Gasteiger partial charge in [-0.3, -0.25) is 0 Å². The number of nitriles is 1. The van der Waals surface area contributed by atoms with E-state index in [9.17, 15) is 9.65 Å². The van der Waals surface area contributed by atoms with E-state index in [1.807, 2.05) is 35.7 Å². The van der Waals surface area contributed by atoms with Crippen LogP contribution in [0.5, 0.6) is 0 Å². The zero-order valence-electron chi connectivity index (χ0n) is 15.8. The van der Waals surface area contributed by atoms with E-state index in [1.165, 1.54) is 23.5 Å². The molecular weight excluding hydrogens is 391 g/mol. The number of rotatable bonds is 3. The molecule has 0 spiro atoms. The van der Waals surface area contributed by atoms with Gasteiger partial charge in [-0.1, -0.05) is 48.5 Å². The summed E-state index contributed by atoms with van der Waals surface area (Å²) >= 11 is 1.42. The first-order valence-electron chi connectivity index (χ1n) is 9.47. The van der Waals surface area contributed by atoms with E-state index in [4.69, 9.17) is 0 Å². The summed E-state index contributed by atoms with van der Waals surface area (Å²) in [4.78, 5) is 4.64. The van der Waals surface area contributed by atoms with Gasteiger partial charge in [-0.2, -0.15) is 5.26 Å². The molecule has 2 nitrogen and oxygen atoms in total. The number of aromatic nitrogens is 1. The van der Waals surface area contributed by atoms with Gasteiger partial charge in [0.25, 0.3) is 0 Å². The molecule has 1 aromatic heterocycles. The van der Waals surface area contributed by atoms with Gasteiger partial charge in [0, 0.05) is 10.9 Å². The number of benzene rings is 4. The molecule has 0 amide bonds. The average Bonchev–Trinajstić information content (AvgIpc) is 3.27. The second-order valence-electron chi connectivity index (χ2n) is 6.95. The molecule has 142 valence electrons. The maximum Gasteiger partial charge on any atom is 0.134 e. The maximum absolute atomic E-state index is 13.2. The highest BCUT2D eigenvalue weighted by Crippen LogP contribution is 2.33. The summed E-state index contributed by atoms with van der Waals surface area (Å²) in [6.45, 7) is 0. The van der Waals surface area contributed by atoms with Crippen LogP contribution in [0.3, 0.4) is 0 Å². The minimum absolute atomic E-state index is 0.283. The molecular formula is C26H15FN2S. The van der Waals surface area contributed by atoms with Gasteiger partial charge in [0.05, 0.1) is 11.3 Å². The summed E-state index contributed by atoms with van der Waals surface area (Å²) in [6.07, 6.45) is 1.93. The molecule has 0 saturated heterocycles. The zero-order chi connectivity index (χ0) is 20.5. The predicted octanol–water partition coefficient (Wildman–Crippen LogP) is 7.32. The summed E-state index contributed by atoms with van der Waals surface area (Å²) in [5.74, 6) is -0.283. The van der Waals surface area contributed by atoms with Gasteiger partial charge in [-0.15, -0.1) is 11.3 Å². The van der Waals surface area contributed by atoms with E-state index >= 15 is 0 Å². The Morgan fingerprint density at radius 3 is 2.17 bits per heavy atom. The van der Waals surface area contributed by atoms with Crippen LogP contribution >= 0.6 is 11.3 Å². The molecule has 4 heteroatoms. The van der Waals surface area contributed by atoms with Crippen LogP contribution in [0.25, 0.3) is 44.5 Å². The fourth-order valence-corrected chi connectivity index (χ4v) is 4.44. The van der Waals surface area contributed by atoms with Gasteiger partial charge < -0.3 is 0 Å². The first-order chi connectivity index (χ1) is 14.7. The normalized spacial score (nSPS) is 11.7. The number of halogens is 1. The molecule has 0 bridgehead atoms. The Hall–Kier alpha value is -3.81. The number of hydrogen-bond donors (Lipinski definition) is 0. The maximum atomic E-state index is 13.2. The van der Waals surface area contributed by atoms with Crippen molar-refractivity contribution in [1.82, 2.24) is 4.98 Å². The molecule has 5 aromatic rings. The number of thiazole rings is 1. The third-order valence-electron chi connectivity index (χ3n) is 5.10. The molecule has 0 aliphatic rings. The topological polar surface area (TPSA) is 36.7 Å². The van der Waals surface area contributed by atoms with Crippen LogP contribution < -0.4 is 0 Å². The van der Waals surface area contributed by atoms with E-state index in [0.717, 1.165) is 38.4 Å². The lowest BCUT2D eigenvalue weighted by Crippen LogP contribution is -1.87. The standard InChI is InChI=1S/C26H15FN2S/c27-21-11-9-17(10-12-21)25-16-30-26(29-25)20(15-28)14-24-22-7-3-1-5-18(22)13-19-6-2-4-8-23(19)24/h1-14,16H/b20-14+. The second-order valence-corrected chi connectivity index (χ2v) is 7.81. The Kier molecular flexibility index (Phi) is 4.59. The van der Waals surface area contributed by atoms with Crippen molar-refractivity contribution in [2.75, 3.05) is 0 Å². The lowest BCUT2D eigenvalue weighted by molar-refractivity contribution is 0.628. The second kappa shape index (κ2) is 7.55. The molecule has 30 heavy (non-hydrogen) atoms. The number of fused-ring (bicyclic) bond motifs is 2. The molecule has 0 aliphatic heterocycles. The summed E-state index contributed by atoms with van der Waals surface area (Å²) in [7, 11) is 0. The monoisotopic (exact) mass is 406 g/mol. The molecule has 5 rings (SSSR count). The Morgan fingerprint density at radius 1 is 0.900 bits per heavy atom. The smallest absolute Gasteiger partial charge is 0.134 e. The van der Waals surface area contributed by atoms with Crippen LogP contribution in [0.4, 0.5) is 4.39 Å². The largest absolute Gasteiger partial charge is 0.235 e. The highest BCUT2D eigenvalue weighted by Gasteiger charge is 2.12. The van der Waals surface area contributed by atoms with Crippen molar-refractivity contribution in [1.29, 1.82) is 5.26 Å². The van der Waals surface area contributed by atoms with Crippen molar-refractivity contribution in [3.05, 3.63) is 101 Å². The fraction of sp³-hybridized carbons (Fsp3) is 0. The Bertz CT molecular complexity index is 1400. The molecule has 0 N–H and O–H groups in total. The van der Waals surface area contributed by atoms with E-state index in [1.54, 1.807) is 12.1 Å². The summed E-state index contributed by atoms with van der Waals surface area (Å²) in [5.41, 5.74) is 3.08. The highest BCUT2D eigenvalue weighted by atomic mass is 32.1. The first kappa shape index (κ1) is 18.2. The molecule has 0 radical (unpaired) electrons. The van der Waals surface area contributed by atoms with Crippen LogP contribution in [-0.2, 0) is 0 Å². The van der Waals surface area contributed by atoms with Gasteiger partial charge in [0.15, 0.2) is 0 Å². The number of hydrogen-bond acceptors (Lipinski definition) is 3. The van der Waals surface area contributed by atoms with Gasteiger partial charge in [0.2, 0.25) is 0 Å². The van der Waals surface area contributed by atoms with E-state index in [-0.39, 0.29) is 5.82 Å². The molecule has 1 heterocycles. The van der Waals surface area contributed by atoms with E-state index in [0.29, 0.717) is 10.6 Å². The van der Waals surface area contributed by atoms with E-state index in [2.05, 4.69) is 41.4 Å². The Labute approximate surface area is 177 Å². The summed E-state index contributed by atoms with van der Waals surface area (Å²) in [6, 6.07) is 27.1. The lowest BCUT2D eigenvalue weighted by atomic mass is 9.95. The van der Waals surface area contributed by atoms with Crippen molar-refractivity contribution in [2.24, 2.45) is 0 Å². The molecule has 0 aliphatic carbocycles. The molecule has 0 saturated carbocycles. The van der Waals surface area contributed by atoms with Crippen LogP contribution in [0.1, 0.15) is 10.6 Å². The molecule has 0 fully saturated rings. The minimum atomic E-state index is -0.283. The SMILES string of the molecule is N#C/C(=C\c1c2ccccc2cc2ccccc12)c1nc(-c2ccc(F)cc2)cs1. The Balaban J connectivity index is 1.67. The van der Waals surface area contributed by atoms with Crippen molar-refractivity contribution in [3.8, 4) is 17.3 Å². The third kappa shape index (κ3) is 3.26. The first-order valence-corrected chi connectivity index (χ1v) is 10.3. The van der Waals surface area contributed by atoms with Crippen LogP contribution in [0, 0.1) is 17.1 Å². The summed E-state index contributed by atoms with van der Waals surface area (Å²) in [5, 5.41) is 16.9. The molecule has 4 aromatic carbocycles. The van der Waals surface area contributed by atoms with Crippen molar-refractivity contribution < 1.29 is 4.39 Å².